The van der Waals surface area contributed by atoms with Crippen molar-refractivity contribution < 1.29 is 14.3 Å². The summed E-state index contributed by atoms with van der Waals surface area (Å²) < 4.78 is 11.0. The summed E-state index contributed by atoms with van der Waals surface area (Å²) >= 11 is 3.76. The summed E-state index contributed by atoms with van der Waals surface area (Å²) in [7, 11) is 3.04. The number of aryl methyl sites for hydroxylation is 1. The van der Waals surface area contributed by atoms with Crippen molar-refractivity contribution in [3.05, 3.63) is 31.8 Å². The molecule has 0 saturated carbocycles. The van der Waals surface area contributed by atoms with Gasteiger partial charge < -0.3 is 14.8 Å². The number of fused-ring (bicyclic) bond motifs is 1. The van der Waals surface area contributed by atoms with E-state index in [-0.39, 0.29) is 5.97 Å². The number of carbonyl (C=O) groups is 1. The van der Waals surface area contributed by atoms with E-state index < -0.39 is 0 Å². The zero-order chi connectivity index (χ0) is 16.4. The predicted molar refractivity (Wildman–Crippen MR) is 99.1 cm³/mol. The fourth-order valence-corrected chi connectivity index (χ4v) is 4.68. The molecule has 122 valence electrons. The highest BCUT2D eigenvalue weighted by Gasteiger charge is 2.26. The minimum atomic E-state index is -0.282. The normalized spacial score (nSPS) is 13.3. The third kappa shape index (κ3) is 3.30. The SMILES string of the molecule is COC(=O)c1c(Nc2ccc(OC)c(I)n2)sc2c1CCCC2. The van der Waals surface area contributed by atoms with Crippen molar-refractivity contribution in [3.8, 4) is 5.75 Å². The van der Waals surface area contributed by atoms with Gasteiger partial charge in [-0.15, -0.1) is 11.3 Å². The number of aromatic nitrogens is 1. The fraction of sp³-hybridized carbons (Fsp3) is 0.375. The Labute approximate surface area is 152 Å². The van der Waals surface area contributed by atoms with Crippen LogP contribution in [0.2, 0.25) is 0 Å². The summed E-state index contributed by atoms with van der Waals surface area (Å²) in [6.07, 6.45) is 4.25. The molecule has 0 saturated heterocycles. The lowest BCUT2D eigenvalue weighted by molar-refractivity contribution is 0.0601. The van der Waals surface area contributed by atoms with Gasteiger partial charge in [-0.3, -0.25) is 0 Å². The van der Waals surface area contributed by atoms with Crippen LogP contribution in [0.4, 0.5) is 10.8 Å². The first kappa shape index (κ1) is 16.5. The molecule has 0 atom stereocenters. The molecule has 5 nitrogen and oxygen atoms in total. The van der Waals surface area contributed by atoms with E-state index in [1.807, 2.05) is 12.1 Å². The molecule has 23 heavy (non-hydrogen) atoms. The molecule has 0 aliphatic heterocycles. The minimum absolute atomic E-state index is 0.282. The first-order chi connectivity index (χ1) is 11.1. The zero-order valence-electron chi connectivity index (χ0n) is 12.9. The molecular weight excluding hydrogens is 427 g/mol. The van der Waals surface area contributed by atoms with Crippen LogP contribution in [0.25, 0.3) is 0 Å². The van der Waals surface area contributed by atoms with Gasteiger partial charge in [-0.2, -0.15) is 0 Å². The number of ether oxygens (including phenoxy) is 2. The maximum absolute atomic E-state index is 12.2. The number of esters is 1. The first-order valence-corrected chi connectivity index (χ1v) is 9.24. The van der Waals surface area contributed by atoms with Crippen molar-refractivity contribution in [1.82, 2.24) is 4.98 Å². The van der Waals surface area contributed by atoms with Gasteiger partial charge in [-0.1, -0.05) is 0 Å². The number of carbonyl (C=O) groups excluding carboxylic acids is 1. The molecule has 0 bridgehead atoms. The van der Waals surface area contributed by atoms with Crippen LogP contribution in [0.3, 0.4) is 0 Å². The number of nitrogens with zero attached hydrogens (tertiary/aromatic N) is 1. The van der Waals surface area contributed by atoms with Gasteiger partial charge in [-0.05, 0) is 66.0 Å². The molecule has 0 spiro atoms. The topological polar surface area (TPSA) is 60.5 Å². The Kier molecular flexibility index (Phi) is 5.05. The third-order valence-electron chi connectivity index (χ3n) is 3.84. The summed E-state index contributed by atoms with van der Waals surface area (Å²) in [6.45, 7) is 0. The highest BCUT2D eigenvalue weighted by atomic mass is 127. The smallest absolute Gasteiger partial charge is 0.341 e. The van der Waals surface area contributed by atoms with Gasteiger partial charge in [0.1, 0.15) is 14.5 Å². The molecule has 0 fully saturated rings. The summed E-state index contributed by atoms with van der Waals surface area (Å²) in [5.74, 6) is 1.14. The highest BCUT2D eigenvalue weighted by molar-refractivity contribution is 14.1. The van der Waals surface area contributed by atoms with Gasteiger partial charge in [-0.25, -0.2) is 9.78 Å². The number of methoxy groups -OCH3 is 2. The molecule has 1 aliphatic carbocycles. The Morgan fingerprint density at radius 2 is 2.09 bits per heavy atom. The number of nitrogens with one attached hydrogen (secondary N) is 1. The molecule has 1 N–H and O–H groups in total. The lowest BCUT2D eigenvalue weighted by atomic mass is 9.95. The maximum atomic E-state index is 12.2. The molecule has 0 aromatic carbocycles. The molecule has 2 aromatic rings. The number of anilines is 2. The average Bonchev–Trinajstić information content (AvgIpc) is 2.92. The fourth-order valence-electron chi connectivity index (χ4n) is 2.73. The van der Waals surface area contributed by atoms with Gasteiger partial charge >= 0.3 is 5.97 Å². The third-order valence-corrected chi connectivity index (χ3v) is 5.82. The molecule has 0 amide bonds. The summed E-state index contributed by atoms with van der Waals surface area (Å²) in [5, 5.41) is 4.10. The van der Waals surface area contributed by atoms with E-state index in [4.69, 9.17) is 9.47 Å². The van der Waals surface area contributed by atoms with Crippen LogP contribution in [-0.4, -0.2) is 25.2 Å². The number of hydrogen-bond acceptors (Lipinski definition) is 6. The van der Waals surface area contributed by atoms with Gasteiger partial charge in [0, 0.05) is 4.88 Å². The molecular formula is C16H17IN2O3S. The monoisotopic (exact) mass is 444 g/mol. The van der Waals surface area contributed by atoms with E-state index in [0.29, 0.717) is 11.4 Å². The lowest BCUT2D eigenvalue weighted by Gasteiger charge is -2.12. The molecule has 0 radical (unpaired) electrons. The molecule has 2 heterocycles. The van der Waals surface area contributed by atoms with E-state index in [9.17, 15) is 4.79 Å². The number of thiophene rings is 1. The second kappa shape index (κ2) is 7.04. The van der Waals surface area contributed by atoms with E-state index in [0.717, 1.165) is 39.3 Å². The molecule has 2 aromatic heterocycles. The second-order valence-electron chi connectivity index (χ2n) is 5.22. The average molecular weight is 444 g/mol. The first-order valence-electron chi connectivity index (χ1n) is 7.34. The van der Waals surface area contributed by atoms with Crippen LogP contribution < -0.4 is 10.1 Å². The predicted octanol–water partition coefficient (Wildman–Crippen LogP) is 4.17. The van der Waals surface area contributed by atoms with Crippen LogP contribution in [0.1, 0.15) is 33.6 Å². The quantitative estimate of drug-likeness (QED) is 0.436. The van der Waals surface area contributed by atoms with E-state index in [1.165, 1.54) is 18.4 Å². The summed E-state index contributed by atoms with van der Waals surface area (Å²) in [4.78, 5) is 18.0. The van der Waals surface area contributed by atoms with Crippen molar-refractivity contribution in [2.24, 2.45) is 0 Å². The molecule has 0 unspecified atom stereocenters. The van der Waals surface area contributed by atoms with Gasteiger partial charge in [0.05, 0.1) is 19.8 Å². The van der Waals surface area contributed by atoms with Crippen LogP contribution in [-0.2, 0) is 17.6 Å². The van der Waals surface area contributed by atoms with E-state index >= 15 is 0 Å². The number of hydrogen-bond donors (Lipinski definition) is 1. The Hall–Kier alpha value is -1.35. The van der Waals surface area contributed by atoms with Crippen molar-refractivity contribution in [1.29, 1.82) is 0 Å². The Bertz CT molecular complexity index is 745. The summed E-state index contributed by atoms with van der Waals surface area (Å²) in [5.41, 5.74) is 1.80. The maximum Gasteiger partial charge on any atom is 0.341 e. The van der Waals surface area contributed by atoms with Crippen molar-refractivity contribution in [2.75, 3.05) is 19.5 Å². The Morgan fingerprint density at radius 1 is 1.30 bits per heavy atom. The largest absolute Gasteiger partial charge is 0.494 e. The Balaban J connectivity index is 1.97. The minimum Gasteiger partial charge on any atom is -0.494 e. The second-order valence-corrected chi connectivity index (χ2v) is 7.35. The number of pyridine rings is 1. The highest BCUT2D eigenvalue weighted by Crippen LogP contribution is 2.39. The zero-order valence-corrected chi connectivity index (χ0v) is 15.9. The van der Waals surface area contributed by atoms with Crippen molar-refractivity contribution in [3.63, 3.8) is 0 Å². The van der Waals surface area contributed by atoms with E-state index in [1.54, 1.807) is 18.4 Å². The van der Waals surface area contributed by atoms with Crippen LogP contribution >= 0.6 is 33.9 Å². The van der Waals surface area contributed by atoms with Crippen LogP contribution in [0.15, 0.2) is 12.1 Å². The Morgan fingerprint density at radius 3 is 2.78 bits per heavy atom. The van der Waals surface area contributed by atoms with Crippen molar-refractivity contribution in [2.45, 2.75) is 25.7 Å². The van der Waals surface area contributed by atoms with E-state index in [2.05, 4.69) is 32.9 Å². The molecule has 3 rings (SSSR count). The number of rotatable bonds is 4. The molecule has 1 aliphatic rings. The van der Waals surface area contributed by atoms with Gasteiger partial charge in [0.15, 0.2) is 5.75 Å². The lowest BCUT2D eigenvalue weighted by Crippen LogP contribution is -2.09. The molecule has 7 heteroatoms. The van der Waals surface area contributed by atoms with Gasteiger partial charge in [0.25, 0.3) is 0 Å². The van der Waals surface area contributed by atoms with Crippen LogP contribution in [0, 0.1) is 3.70 Å². The summed E-state index contributed by atoms with van der Waals surface area (Å²) in [6, 6.07) is 3.71. The number of halogens is 1. The standard InChI is InChI=1S/C16H17IN2O3S/c1-21-10-7-8-12(18-14(10)17)19-15-13(16(20)22-2)9-5-3-4-6-11(9)23-15/h7-8H,3-6H2,1-2H3,(H,18,19). The van der Waals surface area contributed by atoms with Crippen molar-refractivity contribution >= 4 is 50.7 Å². The van der Waals surface area contributed by atoms with Crippen LogP contribution in [0.5, 0.6) is 5.75 Å². The van der Waals surface area contributed by atoms with Gasteiger partial charge in [0.2, 0.25) is 0 Å².